The van der Waals surface area contributed by atoms with E-state index >= 15 is 0 Å². The predicted octanol–water partition coefficient (Wildman–Crippen LogP) is -0.832. The van der Waals surface area contributed by atoms with Gasteiger partial charge in [0, 0.05) is 32.1 Å². The minimum absolute atomic E-state index is 0.181. The SMILES string of the molecule is CCN(CC)CCNC(=O)C(=O)N1CCC(C(N)=O)CC1. The Morgan fingerprint density at radius 3 is 2.24 bits per heavy atom. The first-order valence-electron chi connectivity index (χ1n) is 7.58. The average Bonchev–Trinajstić information content (AvgIpc) is 2.50. The molecule has 0 saturated carbocycles. The number of likely N-dealkylation sites (tertiary alicyclic amines) is 1. The summed E-state index contributed by atoms with van der Waals surface area (Å²) in [5.74, 6) is -1.59. The molecule has 0 aromatic carbocycles. The van der Waals surface area contributed by atoms with E-state index in [4.69, 9.17) is 5.73 Å². The number of piperidine rings is 1. The fraction of sp³-hybridized carbons (Fsp3) is 0.786. The summed E-state index contributed by atoms with van der Waals surface area (Å²) in [6.07, 6.45) is 1.07. The number of nitrogens with zero attached hydrogens (tertiary/aromatic N) is 2. The summed E-state index contributed by atoms with van der Waals surface area (Å²) in [6, 6.07) is 0. The van der Waals surface area contributed by atoms with Gasteiger partial charge in [0.1, 0.15) is 0 Å². The molecule has 1 saturated heterocycles. The van der Waals surface area contributed by atoms with E-state index in [0.717, 1.165) is 19.6 Å². The quantitative estimate of drug-likeness (QED) is 0.626. The molecule has 0 spiro atoms. The number of rotatable bonds is 6. The number of hydrogen-bond acceptors (Lipinski definition) is 4. The predicted molar refractivity (Wildman–Crippen MR) is 79.3 cm³/mol. The van der Waals surface area contributed by atoms with Gasteiger partial charge in [-0.1, -0.05) is 13.8 Å². The highest BCUT2D eigenvalue weighted by Crippen LogP contribution is 2.16. The van der Waals surface area contributed by atoms with E-state index in [1.165, 1.54) is 4.90 Å². The smallest absolute Gasteiger partial charge is 0.311 e. The fourth-order valence-electron chi connectivity index (χ4n) is 2.45. The van der Waals surface area contributed by atoms with Gasteiger partial charge >= 0.3 is 11.8 Å². The Bertz CT molecular complexity index is 374. The third-order valence-corrected chi connectivity index (χ3v) is 3.99. The van der Waals surface area contributed by atoms with Crippen molar-refractivity contribution in [1.82, 2.24) is 15.1 Å². The van der Waals surface area contributed by atoms with Crippen LogP contribution < -0.4 is 11.1 Å². The van der Waals surface area contributed by atoms with Crippen LogP contribution in [0.2, 0.25) is 0 Å². The number of primary amides is 1. The summed E-state index contributed by atoms with van der Waals surface area (Å²) >= 11 is 0. The zero-order valence-corrected chi connectivity index (χ0v) is 12.9. The van der Waals surface area contributed by atoms with Gasteiger partial charge in [0.05, 0.1) is 0 Å². The first-order chi connectivity index (χ1) is 9.99. The molecule has 1 aliphatic heterocycles. The van der Waals surface area contributed by atoms with E-state index in [2.05, 4.69) is 24.1 Å². The van der Waals surface area contributed by atoms with E-state index in [1.54, 1.807) is 0 Å². The Labute approximate surface area is 125 Å². The molecule has 1 aliphatic rings. The van der Waals surface area contributed by atoms with Crippen molar-refractivity contribution in [2.45, 2.75) is 26.7 Å². The van der Waals surface area contributed by atoms with Crippen molar-refractivity contribution in [3.05, 3.63) is 0 Å². The summed E-state index contributed by atoms with van der Waals surface area (Å²) in [4.78, 5) is 38.5. The molecule has 0 atom stereocenters. The number of carbonyl (C=O) groups excluding carboxylic acids is 3. The Hall–Kier alpha value is -1.63. The number of nitrogens with one attached hydrogen (secondary N) is 1. The minimum atomic E-state index is -0.570. The summed E-state index contributed by atoms with van der Waals surface area (Å²) in [7, 11) is 0. The molecule has 1 fully saturated rings. The molecule has 0 bridgehead atoms. The Kier molecular flexibility index (Phi) is 7.14. The highest BCUT2D eigenvalue weighted by molar-refractivity contribution is 6.35. The largest absolute Gasteiger partial charge is 0.369 e. The Balaban J connectivity index is 2.32. The molecule has 1 heterocycles. The molecule has 3 amide bonds. The topological polar surface area (TPSA) is 95.7 Å². The molecule has 0 unspecified atom stereocenters. The molecule has 21 heavy (non-hydrogen) atoms. The van der Waals surface area contributed by atoms with Gasteiger partial charge in [-0.25, -0.2) is 0 Å². The second-order valence-corrected chi connectivity index (χ2v) is 5.25. The zero-order valence-electron chi connectivity index (χ0n) is 12.9. The number of amides is 3. The lowest BCUT2D eigenvalue weighted by molar-refractivity contribution is -0.147. The Morgan fingerprint density at radius 1 is 1.19 bits per heavy atom. The number of nitrogens with two attached hydrogens (primary N) is 1. The van der Waals surface area contributed by atoms with E-state index in [-0.39, 0.29) is 11.8 Å². The summed E-state index contributed by atoms with van der Waals surface area (Å²) in [5.41, 5.74) is 5.24. The lowest BCUT2D eigenvalue weighted by Crippen LogP contribution is -2.48. The standard InChI is InChI=1S/C14H26N4O3/c1-3-17(4-2)10-7-16-13(20)14(21)18-8-5-11(6-9-18)12(15)19/h11H,3-10H2,1-2H3,(H2,15,19)(H,16,20). The van der Waals surface area contributed by atoms with Gasteiger partial charge in [0.2, 0.25) is 5.91 Å². The summed E-state index contributed by atoms with van der Waals surface area (Å²) < 4.78 is 0. The van der Waals surface area contributed by atoms with Crippen LogP contribution in [-0.4, -0.2) is 66.8 Å². The van der Waals surface area contributed by atoms with Gasteiger partial charge in [0.25, 0.3) is 0 Å². The molecule has 7 nitrogen and oxygen atoms in total. The first-order valence-corrected chi connectivity index (χ1v) is 7.58. The second-order valence-electron chi connectivity index (χ2n) is 5.25. The Morgan fingerprint density at radius 2 is 1.76 bits per heavy atom. The van der Waals surface area contributed by atoms with Gasteiger partial charge in [-0.3, -0.25) is 14.4 Å². The second kappa shape index (κ2) is 8.61. The molecule has 7 heteroatoms. The number of likely N-dealkylation sites (N-methyl/N-ethyl adjacent to an activating group) is 1. The molecular formula is C14H26N4O3. The molecule has 0 radical (unpaired) electrons. The summed E-state index contributed by atoms with van der Waals surface area (Å²) in [6.45, 7) is 7.96. The summed E-state index contributed by atoms with van der Waals surface area (Å²) in [5, 5.41) is 2.65. The lowest BCUT2D eigenvalue weighted by Gasteiger charge is -2.30. The number of hydrogen-bond donors (Lipinski definition) is 2. The number of carbonyl (C=O) groups is 3. The van der Waals surface area contributed by atoms with Gasteiger partial charge in [-0.15, -0.1) is 0 Å². The van der Waals surface area contributed by atoms with Crippen LogP contribution in [0.4, 0.5) is 0 Å². The van der Waals surface area contributed by atoms with Crippen LogP contribution in [0.5, 0.6) is 0 Å². The van der Waals surface area contributed by atoms with Crippen LogP contribution in [0, 0.1) is 5.92 Å². The normalized spacial score (nSPS) is 16.0. The van der Waals surface area contributed by atoms with Crippen molar-refractivity contribution in [2.24, 2.45) is 11.7 Å². The van der Waals surface area contributed by atoms with Gasteiger partial charge < -0.3 is 20.9 Å². The highest BCUT2D eigenvalue weighted by atomic mass is 16.2. The van der Waals surface area contributed by atoms with E-state index in [1.807, 2.05) is 0 Å². The van der Waals surface area contributed by atoms with E-state index in [9.17, 15) is 14.4 Å². The van der Waals surface area contributed by atoms with Crippen LogP contribution in [0.15, 0.2) is 0 Å². The fourth-order valence-corrected chi connectivity index (χ4v) is 2.45. The molecule has 0 aliphatic carbocycles. The van der Waals surface area contributed by atoms with Gasteiger partial charge in [0.15, 0.2) is 0 Å². The monoisotopic (exact) mass is 298 g/mol. The maximum atomic E-state index is 12.0. The van der Waals surface area contributed by atoms with Crippen molar-refractivity contribution >= 4 is 17.7 Å². The minimum Gasteiger partial charge on any atom is -0.369 e. The van der Waals surface area contributed by atoms with Crippen molar-refractivity contribution in [3.8, 4) is 0 Å². The molecule has 0 aromatic heterocycles. The van der Waals surface area contributed by atoms with Crippen molar-refractivity contribution in [2.75, 3.05) is 39.3 Å². The van der Waals surface area contributed by atoms with Gasteiger partial charge in [-0.05, 0) is 25.9 Å². The molecule has 120 valence electrons. The average molecular weight is 298 g/mol. The maximum Gasteiger partial charge on any atom is 0.311 e. The van der Waals surface area contributed by atoms with Crippen LogP contribution in [0.25, 0.3) is 0 Å². The van der Waals surface area contributed by atoms with Crippen molar-refractivity contribution in [3.63, 3.8) is 0 Å². The molecule has 0 aromatic rings. The van der Waals surface area contributed by atoms with Crippen molar-refractivity contribution < 1.29 is 14.4 Å². The molecule has 3 N–H and O–H groups in total. The van der Waals surface area contributed by atoms with Crippen LogP contribution >= 0.6 is 0 Å². The third kappa shape index (κ3) is 5.34. The van der Waals surface area contributed by atoms with E-state index < -0.39 is 11.8 Å². The zero-order chi connectivity index (χ0) is 15.8. The molecule has 1 rings (SSSR count). The molecular weight excluding hydrogens is 272 g/mol. The van der Waals surface area contributed by atoms with E-state index in [0.29, 0.717) is 32.5 Å². The van der Waals surface area contributed by atoms with Crippen LogP contribution in [0.1, 0.15) is 26.7 Å². The maximum absolute atomic E-state index is 12.0. The highest BCUT2D eigenvalue weighted by Gasteiger charge is 2.28. The van der Waals surface area contributed by atoms with Crippen LogP contribution in [0.3, 0.4) is 0 Å². The third-order valence-electron chi connectivity index (χ3n) is 3.99. The first kappa shape index (κ1) is 17.4. The lowest BCUT2D eigenvalue weighted by atomic mass is 9.96. The van der Waals surface area contributed by atoms with Crippen molar-refractivity contribution in [1.29, 1.82) is 0 Å². The van der Waals surface area contributed by atoms with Gasteiger partial charge in [-0.2, -0.15) is 0 Å². The van der Waals surface area contributed by atoms with Crippen LogP contribution in [-0.2, 0) is 14.4 Å².